The minimum atomic E-state index is -3.57. The molecule has 1 atom stereocenters. The van der Waals surface area contributed by atoms with Gasteiger partial charge in [0, 0.05) is 25.3 Å². The predicted molar refractivity (Wildman–Crippen MR) is 118 cm³/mol. The molecule has 1 aromatic heterocycles. The van der Waals surface area contributed by atoms with Crippen LogP contribution in [0.5, 0.6) is 0 Å². The monoisotopic (exact) mass is 463 g/mol. The third-order valence-corrected chi connectivity index (χ3v) is 8.57. The van der Waals surface area contributed by atoms with Gasteiger partial charge >= 0.3 is 0 Å². The molecule has 1 aromatic carbocycles. The van der Waals surface area contributed by atoms with E-state index in [1.165, 1.54) is 34.4 Å². The minimum absolute atomic E-state index is 0.151. The number of nitrogens with zero attached hydrogens (tertiary/aromatic N) is 2. The zero-order chi connectivity index (χ0) is 21.8. The van der Waals surface area contributed by atoms with Crippen LogP contribution in [0.4, 0.5) is 4.39 Å². The summed E-state index contributed by atoms with van der Waals surface area (Å²) in [5, 5.41) is 2.93. The Morgan fingerprint density at radius 1 is 1.06 bits per heavy atom. The number of thioether (sulfide) groups is 1. The van der Waals surface area contributed by atoms with Crippen LogP contribution in [0.2, 0.25) is 0 Å². The highest BCUT2D eigenvalue weighted by molar-refractivity contribution is 8.00. The zero-order valence-corrected chi connectivity index (χ0v) is 18.8. The number of benzene rings is 1. The number of rotatable bonds is 7. The van der Waals surface area contributed by atoms with Crippen LogP contribution in [0.3, 0.4) is 0 Å². The van der Waals surface area contributed by atoms with Crippen molar-refractivity contribution in [1.29, 1.82) is 0 Å². The largest absolute Gasteiger partial charge is 0.352 e. The number of hydrogen-bond donors (Lipinski definition) is 1. The summed E-state index contributed by atoms with van der Waals surface area (Å²) in [5.74, 6) is -0.515. The lowest BCUT2D eigenvalue weighted by Crippen LogP contribution is -2.32. The van der Waals surface area contributed by atoms with Crippen molar-refractivity contribution in [2.75, 3.05) is 13.1 Å². The number of nitrogens with one attached hydrogen (secondary N) is 1. The van der Waals surface area contributed by atoms with Crippen LogP contribution in [0, 0.1) is 5.82 Å². The molecule has 1 amide bonds. The summed E-state index contributed by atoms with van der Waals surface area (Å²) >= 11 is 1.23. The molecule has 9 heteroatoms. The van der Waals surface area contributed by atoms with Crippen molar-refractivity contribution < 1.29 is 17.6 Å². The van der Waals surface area contributed by atoms with E-state index >= 15 is 0 Å². The maximum absolute atomic E-state index is 13.4. The van der Waals surface area contributed by atoms with Crippen molar-refractivity contribution in [3.63, 3.8) is 0 Å². The van der Waals surface area contributed by atoms with Gasteiger partial charge in [0.05, 0.1) is 5.03 Å². The number of hydrogen-bond acceptors (Lipinski definition) is 5. The van der Waals surface area contributed by atoms with E-state index in [1.807, 2.05) is 0 Å². The molecule has 2 aliphatic rings. The maximum Gasteiger partial charge on any atom is 0.244 e. The molecule has 1 saturated heterocycles. The topological polar surface area (TPSA) is 79.4 Å². The van der Waals surface area contributed by atoms with Gasteiger partial charge in [-0.2, -0.15) is 4.31 Å². The molecule has 2 aromatic rings. The van der Waals surface area contributed by atoms with Crippen LogP contribution in [0.15, 0.2) is 52.5 Å². The van der Waals surface area contributed by atoms with Crippen molar-refractivity contribution in [2.24, 2.45) is 0 Å². The van der Waals surface area contributed by atoms with E-state index in [2.05, 4.69) is 10.3 Å². The standard InChI is InChI=1S/C22H26FN3O3S2/c23-17-7-5-16(6-8-17)21(22(27)25-18-9-10-18)30-20-12-11-19(15-24-20)31(28,29)26-13-3-1-2-4-14-26/h5-8,11-12,15,18,21H,1-4,9-10,13-14H2,(H,25,27). The molecule has 31 heavy (non-hydrogen) atoms. The number of halogens is 1. The predicted octanol–water partition coefficient (Wildman–Crippen LogP) is 3.90. The van der Waals surface area contributed by atoms with Crippen LogP contribution >= 0.6 is 11.8 Å². The van der Waals surface area contributed by atoms with E-state index < -0.39 is 15.3 Å². The molecule has 1 aliphatic carbocycles. The number of carbonyl (C=O) groups is 1. The quantitative estimate of drug-likeness (QED) is 0.630. The highest BCUT2D eigenvalue weighted by atomic mass is 32.2. The van der Waals surface area contributed by atoms with Gasteiger partial charge in [-0.1, -0.05) is 36.7 Å². The Morgan fingerprint density at radius 3 is 2.32 bits per heavy atom. The molecule has 1 saturated carbocycles. The normalized spacial score (nSPS) is 18.9. The minimum Gasteiger partial charge on any atom is -0.352 e. The van der Waals surface area contributed by atoms with Crippen LogP contribution in [0.1, 0.15) is 49.3 Å². The van der Waals surface area contributed by atoms with Gasteiger partial charge in [-0.15, -0.1) is 0 Å². The van der Waals surface area contributed by atoms with Gasteiger partial charge in [-0.25, -0.2) is 17.8 Å². The average Bonchev–Trinajstić information content (AvgIpc) is 3.60. The highest BCUT2D eigenvalue weighted by Crippen LogP contribution is 2.36. The summed E-state index contributed by atoms with van der Waals surface area (Å²) in [7, 11) is -3.57. The molecule has 2 heterocycles. The molecular formula is C22H26FN3O3S2. The third kappa shape index (κ3) is 5.64. The number of sulfonamides is 1. The lowest BCUT2D eigenvalue weighted by Gasteiger charge is -2.20. The molecule has 2 fully saturated rings. The first kappa shape index (κ1) is 22.2. The van der Waals surface area contributed by atoms with E-state index in [1.54, 1.807) is 24.3 Å². The molecule has 0 radical (unpaired) electrons. The smallest absolute Gasteiger partial charge is 0.244 e. The summed E-state index contributed by atoms with van der Waals surface area (Å²) in [6.45, 7) is 1.07. The van der Waals surface area contributed by atoms with E-state index in [9.17, 15) is 17.6 Å². The van der Waals surface area contributed by atoms with E-state index in [4.69, 9.17) is 0 Å². The molecule has 1 N–H and O–H groups in total. The molecule has 1 unspecified atom stereocenters. The maximum atomic E-state index is 13.4. The summed E-state index contributed by atoms with van der Waals surface area (Å²) < 4.78 is 40.8. The van der Waals surface area contributed by atoms with Crippen LogP contribution in [0.25, 0.3) is 0 Å². The van der Waals surface area contributed by atoms with Crippen molar-refractivity contribution in [3.05, 3.63) is 54.0 Å². The fraction of sp³-hybridized carbons (Fsp3) is 0.455. The van der Waals surface area contributed by atoms with Gasteiger partial charge < -0.3 is 5.32 Å². The average molecular weight is 464 g/mol. The van der Waals surface area contributed by atoms with Crippen molar-refractivity contribution >= 4 is 27.7 Å². The van der Waals surface area contributed by atoms with Crippen LogP contribution < -0.4 is 5.32 Å². The fourth-order valence-electron chi connectivity index (χ4n) is 3.56. The Kier molecular flexibility index (Phi) is 6.93. The first-order valence-corrected chi connectivity index (χ1v) is 12.9. The number of aromatic nitrogens is 1. The molecule has 166 valence electrons. The Morgan fingerprint density at radius 2 is 1.74 bits per heavy atom. The van der Waals surface area contributed by atoms with Gasteiger partial charge in [0.1, 0.15) is 16.0 Å². The highest BCUT2D eigenvalue weighted by Gasteiger charge is 2.30. The second-order valence-electron chi connectivity index (χ2n) is 7.98. The summed E-state index contributed by atoms with van der Waals surface area (Å²) in [6, 6.07) is 9.24. The zero-order valence-electron chi connectivity index (χ0n) is 17.2. The van der Waals surface area contributed by atoms with Crippen molar-refractivity contribution in [1.82, 2.24) is 14.6 Å². The number of amides is 1. The molecule has 0 spiro atoms. The first-order valence-electron chi connectivity index (χ1n) is 10.6. The summed E-state index contributed by atoms with van der Waals surface area (Å²) in [6.07, 6.45) is 7.14. The van der Waals surface area contributed by atoms with Crippen molar-refractivity contribution in [3.8, 4) is 0 Å². The lowest BCUT2D eigenvalue weighted by molar-refractivity contribution is -0.120. The van der Waals surface area contributed by atoms with Gasteiger partial charge in [0.25, 0.3) is 0 Å². The Hall–Kier alpha value is -1.97. The molecule has 6 nitrogen and oxygen atoms in total. The van der Waals surface area contributed by atoms with E-state index in [0.717, 1.165) is 38.5 Å². The van der Waals surface area contributed by atoms with Crippen LogP contribution in [-0.4, -0.2) is 42.7 Å². The third-order valence-electron chi connectivity index (χ3n) is 5.49. The van der Waals surface area contributed by atoms with Gasteiger partial charge in [0.2, 0.25) is 15.9 Å². The number of carbonyl (C=O) groups excluding carboxylic acids is 1. The second-order valence-corrected chi connectivity index (χ2v) is 11.0. The Bertz CT molecular complexity index is 1000. The van der Waals surface area contributed by atoms with Gasteiger partial charge in [0.15, 0.2) is 0 Å². The molecule has 1 aliphatic heterocycles. The van der Waals surface area contributed by atoms with Crippen LogP contribution in [-0.2, 0) is 14.8 Å². The van der Waals surface area contributed by atoms with Gasteiger partial charge in [-0.05, 0) is 55.5 Å². The molecular weight excluding hydrogens is 437 g/mol. The van der Waals surface area contributed by atoms with E-state index in [0.29, 0.717) is 23.7 Å². The van der Waals surface area contributed by atoms with E-state index in [-0.39, 0.29) is 22.7 Å². The fourth-order valence-corrected chi connectivity index (χ4v) is 5.99. The van der Waals surface area contributed by atoms with Crippen molar-refractivity contribution in [2.45, 2.75) is 59.7 Å². The SMILES string of the molecule is O=C(NC1CC1)C(Sc1ccc(S(=O)(=O)N2CCCCCC2)cn1)c1ccc(F)cc1. The summed E-state index contributed by atoms with van der Waals surface area (Å²) in [4.78, 5) is 17.3. The molecule has 4 rings (SSSR count). The first-order chi connectivity index (χ1) is 14.9. The Labute approximate surface area is 186 Å². The lowest BCUT2D eigenvalue weighted by atomic mass is 10.1. The second kappa shape index (κ2) is 9.67. The Balaban J connectivity index is 1.52. The number of pyridine rings is 1. The summed E-state index contributed by atoms with van der Waals surface area (Å²) in [5.41, 5.74) is 0.674. The van der Waals surface area contributed by atoms with Gasteiger partial charge in [-0.3, -0.25) is 4.79 Å². The molecule has 0 bridgehead atoms.